The summed E-state index contributed by atoms with van der Waals surface area (Å²) in [6.45, 7) is 0.948. The van der Waals surface area contributed by atoms with Gasteiger partial charge in [-0.25, -0.2) is 14.2 Å². The second kappa shape index (κ2) is 9.57. The van der Waals surface area contributed by atoms with Crippen LogP contribution >= 0.6 is 0 Å². The number of urea groups is 1. The van der Waals surface area contributed by atoms with Crippen molar-refractivity contribution in [2.75, 3.05) is 44.6 Å². The molecule has 0 atom stereocenters. The first-order valence-electron chi connectivity index (χ1n) is 8.08. The van der Waals surface area contributed by atoms with Crippen molar-refractivity contribution in [1.29, 1.82) is 0 Å². The van der Waals surface area contributed by atoms with Gasteiger partial charge in [0.2, 0.25) is 0 Å². The Hall–Kier alpha value is -2.87. The van der Waals surface area contributed by atoms with Gasteiger partial charge < -0.3 is 25.0 Å². The van der Waals surface area contributed by atoms with Crippen LogP contribution in [0.1, 0.15) is 5.56 Å². The van der Waals surface area contributed by atoms with Crippen molar-refractivity contribution in [3.05, 3.63) is 47.9 Å². The first-order chi connectivity index (χ1) is 12.5. The second-order valence-corrected chi connectivity index (χ2v) is 5.71. The highest BCUT2D eigenvalue weighted by molar-refractivity contribution is 5.89. The molecular formula is C18H23FN4O3. The van der Waals surface area contributed by atoms with Crippen LogP contribution in [0.5, 0.6) is 5.75 Å². The fourth-order valence-electron chi connectivity index (χ4n) is 2.10. The van der Waals surface area contributed by atoms with E-state index in [0.29, 0.717) is 18.8 Å². The minimum Gasteiger partial charge on any atom is -0.488 e. The van der Waals surface area contributed by atoms with E-state index in [1.165, 1.54) is 12.1 Å². The van der Waals surface area contributed by atoms with Crippen LogP contribution < -0.4 is 20.3 Å². The molecule has 1 aromatic heterocycles. The van der Waals surface area contributed by atoms with Gasteiger partial charge in [0.1, 0.15) is 12.4 Å². The van der Waals surface area contributed by atoms with Gasteiger partial charge in [0, 0.05) is 45.7 Å². The predicted molar refractivity (Wildman–Crippen MR) is 98.2 cm³/mol. The second-order valence-electron chi connectivity index (χ2n) is 5.71. The lowest BCUT2D eigenvalue weighted by molar-refractivity contribution is 0.144. The maximum absolute atomic E-state index is 13.9. The van der Waals surface area contributed by atoms with Crippen molar-refractivity contribution < 1.29 is 18.7 Å². The van der Waals surface area contributed by atoms with Crippen molar-refractivity contribution in [3.8, 4) is 5.75 Å². The molecule has 0 spiro atoms. The van der Waals surface area contributed by atoms with Crippen LogP contribution in [-0.4, -0.2) is 45.4 Å². The molecule has 2 aromatic rings. The maximum Gasteiger partial charge on any atom is 0.319 e. The van der Waals surface area contributed by atoms with Crippen LogP contribution in [0.3, 0.4) is 0 Å². The van der Waals surface area contributed by atoms with E-state index in [1.54, 1.807) is 19.4 Å². The highest BCUT2D eigenvalue weighted by Gasteiger charge is 2.08. The number of carbonyl (C=O) groups excluding carboxylic acids is 1. The molecule has 26 heavy (non-hydrogen) atoms. The lowest BCUT2D eigenvalue weighted by Crippen LogP contribution is -2.28. The van der Waals surface area contributed by atoms with Crippen molar-refractivity contribution >= 4 is 17.5 Å². The molecule has 0 radical (unpaired) electrons. The summed E-state index contributed by atoms with van der Waals surface area (Å²) in [5.74, 6) is 0.362. The summed E-state index contributed by atoms with van der Waals surface area (Å²) in [6, 6.07) is 7.51. The van der Waals surface area contributed by atoms with E-state index < -0.39 is 11.8 Å². The van der Waals surface area contributed by atoms with E-state index in [0.717, 1.165) is 11.4 Å². The number of anilines is 2. The number of pyridine rings is 1. The summed E-state index contributed by atoms with van der Waals surface area (Å²) in [6.07, 6.45) is 1.68. The SMILES string of the molecule is COCCOc1ccc(NC(=O)NCc2ccnc(N(C)C)c2)cc1F. The molecule has 1 aromatic carbocycles. The van der Waals surface area contributed by atoms with Crippen molar-refractivity contribution in [2.24, 2.45) is 0 Å². The summed E-state index contributed by atoms with van der Waals surface area (Å²) < 4.78 is 24.0. The number of nitrogens with zero attached hydrogens (tertiary/aromatic N) is 2. The third kappa shape index (κ3) is 5.89. The van der Waals surface area contributed by atoms with E-state index in [2.05, 4.69) is 15.6 Å². The molecule has 0 aliphatic carbocycles. The Morgan fingerprint density at radius 1 is 1.23 bits per heavy atom. The van der Waals surface area contributed by atoms with E-state index in [1.807, 2.05) is 31.1 Å². The standard InChI is InChI=1S/C18H23FN4O3/c1-23(2)17-10-13(6-7-20-17)12-21-18(24)22-14-4-5-16(15(19)11-14)26-9-8-25-3/h4-7,10-11H,8-9,12H2,1-3H3,(H2,21,22,24). The van der Waals surface area contributed by atoms with Gasteiger partial charge in [0.05, 0.1) is 6.61 Å². The number of benzene rings is 1. The Kier molecular flexibility index (Phi) is 7.16. The van der Waals surface area contributed by atoms with Crippen LogP contribution in [0.15, 0.2) is 36.5 Å². The molecule has 0 bridgehead atoms. The maximum atomic E-state index is 13.9. The Bertz CT molecular complexity index is 740. The average Bonchev–Trinajstić information content (AvgIpc) is 2.62. The number of rotatable bonds is 8. The number of amides is 2. The minimum absolute atomic E-state index is 0.112. The van der Waals surface area contributed by atoms with E-state index in [4.69, 9.17) is 9.47 Å². The molecule has 0 saturated heterocycles. The van der Waals surface area contributed by atoms with Crippen LogP contribution in [-0.2, 0) is 11.3 Å². The van der Waals surface area contributed by atoms with Gasteiger partial charge in [0.25, 0.3) is 0 Å². The molecule has 0 aliphatic heterocycles. The molecule has 0 unspecified atom stereocenters. The van der Waals surface area contributed by atoms with Gasteiger partial charge >= 0.3 is 6.03 Å². The third-order valence-electron chi connectivity index (χ3n) is 3.46. The number of halogens is 1. The number of hydrogen-bond acceptors (Lipinski definition) is 5. The number of ether oxygens (including phenoxy) is 2. The lowest BCUT2D eigenvalue weighted by Gasteiger charge is -2.13. The first-order valence-corrected chi connectivity index (χ1v) is 8.08. The molecule has 2 rings (SSSR count). The molecule has 0 aliphatic rings. The highest BCUT2D eigenvalue weighted by Crippen LogP contribution is 2.21. The smallest absolute Gasteiger partial charge is 0.319 e. The number of hydrogen-bond donors (Lipinski definition) is 2. The van der Waals surface area contributed by atoms with Crippen molar-refractivity contribution in [2.45, 2.75) is 6.54 Å². The molecule has 140 valence electrons. The normalized spacial score (nSPS) is 10.3. The van der Waals surface area contributed by atoms with Crippen molar-refractivity contribution in [1.82, 2.24) is 10.3 Å². The lowest BCUT2D eigenvalue weighted by atomic mass is 10.2. The van der Waals surface area contributed by atoms with Gasteiger partial charge in [-0.3, -0.25) is 0 Å². The Morgan fingerprint density at radius 2 is 2.04 bits per heavy atom. The first kappa shape index (κ1) is 19.5. The average molecular weight is 362 g/mol. The van der Waals surface area contributed by atoms with Crippen LogP contribution in [0.4, 0.5) is 20.7 Å². The molecule has 2 N–H and O–H groups in total. The quantitative estimate of drug-likeness (QED) is 0.706. The van der Waals surface area contributed by atoms with E-state index in [-0.39, 0.29) is 12.4 Å². The number of carbonyl (C=O) groups is 1. The van der Waals surface area contributed by atoms with E-state index >= 15 is 0 Å². The summed E-state index contributed by atoms with van der Waals surface area (Å²) in [5.41, 5.74) is 1.25. The summed E-state index contributed by atoms with van der Waals surface area (Å²) >= 11 is 0. The summed E-state index contributed by atoms with van der Waals surface area (Å²) in [7, 11) is 5.32. The molecule has 1 heterocycles. The molecule has 8 heteroatoms. The van der Waals surface area contributed by atoms with Gasteiger partial charge in [0.15, 0.2) is 11.6 Å². The monoisotopic (exact) mass is 362 g/mol. The fourth-order valence-corrected chi connectivity index (χ4v) is 2.10. The topological polar surface area (TPSA) is 75.7 Å². The Morgan fingerprint density at radius 3 is 2.73 bits per heavy atom. The number of aromatic nitrogens is 1. The van der Waals surface area contributed by atoms with Gasteiger partial charge in [-0.05, 0) is 29.8 Å². The van der Waals surface area contributed by atoms with E-state index in [9.17, 15) is 9.18 Å². The van der Waals surface area contributed by atoms with Gasteiger partial charge in [-0.15, -0.1) is 0 Å². The largest absolute Gasteiger partial charge is 0.488 e. The fraction of sp³-hybridized carbons (Fsp3) is 0.333. The minimum atomic E-state index is -0.552. The Balaban J connectivity index is 1.87. The van der Waals surface area contributed by atoms with Gasteiger partial charge in [-0.1, -0.05) is 0 Å². The summed E-state index contributed by atoms with van der Waals surface area (Å²) in [4.78, 5) is 18.1. The zero-order valence-electron chi connectivity index (χ0n) is 15.1. The Labute approximate surface area is 152 Å². The zero-order chi connectivity index (χ0) is 18.9. The molecule has 0 saturated carbocycles. The molecule has 7 nitrogen and oxygen atoms in total. The zero-order valence-corrected chi connectivity index (χ0v) is 15.1. The molecular weight excluding hydrogens is 339 g/mol. The summed E-state index contributed by atoms with van der Waals surface area (Å²) in [5, 5.41) is 5.31. The number of methoxy groups -OCH3 is 1. The highest BCUT2D eigenvalue weighted by atomic mass is 19.1. The van der Waals surface area contributed by atoms with Crippen LogP contribution in [0.25, 0.3) is 0 Å². The molecule has 2 amide bonds. The van der Waals surface area contributed by atoms with Gasteiger partial charge in [-0.2, -0.15) is 0 Å². The van der Waals surface area contributed by atoms with Crippen LogP contribution in [0, 0.1) is 5.82 Å². The number of nitrogens with one attached hydrogen (secondary N) is 2. The predicted octanol–water partition coefficient (Wildman–Crippen LogP) is 2.63. The van der Waals surface area contributed by atoms with Crippen LogP contribution in [0.2, 0.25) is 0 Å². The molecule has 0 fully saturated rings. The van der Waals surface area contributed by atoms with Crippen molar-refractivity contribution in [3.63, 3.8) is 0 Å². The third-order valence-corrected chi connectivity index (χ3v) is 3.46.